The molecule has 3 N–H and O–H groups in total. The van der Waals surface area contributed by atoms with Crippen LogP contribution in [0.25, 0.3) is 0 Å². The number of aliphatic carboxylic acids is 1. The van der Waals surface area contributed by atoms with E-state index in [2.05, 4.69) is 15.5 Å². The van der Waals surface area contributed by atoms with Gasteiger partial charge in [0.15, 0.2) is 0 Å². The van der Waals surface area contributed by atoms with Gasteiger partial charge in [0, 0.05) is 44.9 Å². The maximum absolute atomic E-state index is 14.1. The number of carboxylic acids is 1. The third kappa shape index (κ3) is 7.12. The first-order chi connectivity index (χ1) is 16.8. The topological polar surface area (TPSA) is 100 Å². The van der Waals surface area contributed by atoms with Crippen molar-refractivity contribution >= 4 is 29.1 Å². The Morgan fingerprint density at radius 2 is 1.86 bits per heavy atom. The largest absolute Gasteiger partial charge is 0.481 e. The van der Waals surface area contributed by atoms with Crippen molar-refractivity contribution in [2.75, 3.05) is 49.0 Å². The average molecular weight is 492 g/mol. The minimum absolute atomic E-state index is 0.142. The second-order valence-corrected chi connectivity index (χ2v) is 8.36. The second-order valence-electron chi connectivity index (χ2n) is 8.36. The van der Waals surface area contributed by atoms with Gasteiger partial charge in [-0.3, -0.25) is 4.79 Å². The summed E-state index contributed by atoms with van der Waals surface area (Å²) in [5.41, 5.74) is 1.72. The molecule has 0 spiro atoms. The van der Waals surface area contributed by atoms with Gasteiger partial charge in [0.05, 0.1) is 30.1 Å². The van der Waals surface area contributed by atoms with Crippen molar-refractivity contribution in [3.8, 4) is 0 Å². The lowest BCUT2D eigenvalue weighted by Gasteiger charge is -2.36. The lowest BCUT2D eigenvalue weighted by Crippen LogP contribution is -2.40. The van der Waals surface area contributed by atoms with Gasteiger partial charge >= 0.3 is 12.0 Å². The van der Waals surface area contributed by atoms with E-state index in [9.17, 15) is 23.5 Å². The summed E-state index contributed by atoms with van der Waals surface area (Å²) >= 11 is 0. The molecule has 1 aliphatic rings. The molecule has 1 fully saturated rings. The van der Waals surface area contributed by atoms with Crippen LogP contribution in [0.15, 0.2) is 36.4 Å². The maximum atomic E-state index is 14.1. The SMILES string of the molecule is CCN(c1ccc(C(COC)CC(=O)O)cc1NC(=O)Nc1ccc(F)cc1F)C1CCOCC1. The molecule has 35 heavy (non-hydrogen) atoms. The standard InChI is InChI=1S/C25H31F2N3O5/c1-3-30(19-8-10-35-11-9-19)23-7-4-16(17(15-34-2)13-24(31)32)12-22(23)29-25(33)28-21-6-5-18(26)14-20(21)27/h4-7,12,14,17,19H,3,8-11,13,15H2,1-2H3,(H,31,32)(H2,28,29,33). The van der Waals surface area contributed by atoms with Gasteiger partial charge in [-0.05, 0) is 49.6 Å². The normalized spacial score (nSPS) is 14.9. The number of carbonyl (C=O) groups is 2. The first-order valence-electron chi connectivity index (χ1n) is 11.5. The summed E-state index contributed by atoms with van der Waals surface area (Å²) in [4.78, 5) is 26.4. The van der Waals surface area contributed by atoms with Crippen LogP contribution in [0.1, 0.15) is 37.7 Å². The number of ether oxygens (including phenoxy) is 2. The number of methoxy groups -OCH3 is 1. The van der Waals surface area contributed by atoms with Crippen molar-refractivity contribution < 1.29 is 33.0 Å². The molecule has 8 nitrogen and oxygen atoms in total. The highest BCUT2D eigenvalue weighted by molar-refractivity contribution is 6.02. The molecule has 1 aliphatic heterocycles. The van der Waals surface area contributed by atoms with Crippen molar-refractivity contribution in [1.29, 1.82) is 0 Å². The summed E-state index contributed by atoms with van der Waals surface area (Å²) in [6, 6.07) is 7.79. The van der Waals surface area contributed by atoms with Crippen LogP contribution < -0.4 is 15.5 Å². The van der Waals surface area contributed by atoms with E-state index >= 15 is 0 Å². The molecule has 1 atom stereocenters. The van der Waals surface area contributed by atoms with Crippen molar-refractivity contribution in [3.63, 3.8) is 0 Å². The highest BCUT2D eigenvalue weighted by Crippen LogP contribution is 2.34. The number of nitrogens with one attached hydrogen (secondary N) is 2. The number of carbonyl (C=O) groups excluding carboxylic acids is 1. The average Bonchev–Trinajstić information content (AvgIpc) is 2.82. The molecule has 0 aromatic heterocycles. The van der Waals surface area contributed by atoms with Gasteiger partial charge in [-0.25, -0.2) is 13.6 Å². The Bertz CT molecular complexity index is 1030. The summed E-state index contributed by atoms with van der Waals surface area (Å²) in [5, 5.41) is 14.5. The van der Waals surface area contributed by atoms with Crippen LogP contribution in [0, 0.1) is 11.6 Å². The monoisotopic (exact) mass is 491 g/mol. The van der Waals surface area contributed by atoms with E-state index in [0.29, 0.717) is 37.1 Å². The third-order valence-electron chi connectivity index (χ3n) is 5.99. The van der Waals surface area contributed by atoms with Gasteiger partial charge in [-0.1, -0.05) is 6.07 Å². The van der Waals surface area contributed by atoms with Gasteiger partial charge in [-0.15, -0.1) is 0 Å². The Morgan fingerprint density at radius 1 is 1.14 bits per heavy atom. The van der Waals surface area contributed by atoms with E-state index in [1.807, 2.05) is 19.1 Å². The zero-order chi connectivity index (χ0) is 25.4. The van der Waals surface area contributed by atoms with E-state index in [0.717, 1.165) is 30.7 Å². The number of carboxylic acid groups (broad SMARTS) is 1. The van der Waals surface area contributed by atoms with Crippen LogP contribution >= 0.6 is 0 Å². The number of benzene rings is 2. The highest BCUT2D eigenvalue weighted by Gasteiger charge is 2.25. The first kappa shape index (κ1) is 26.4. The van der Waals surface area contributed by atoms with Crippen molar-refractivity contribution in [2.45, 2.75) is 38.1 Å². The van der Waals surface area contributed by atoms with Crippen molar-refractivity contribution in [2.24, 2.45) is 0 Å². The number of urea groups is 1. The van der Waals surface area contributed by atoms with Gasteiger partial charge < -0.3 is 30.1 Å². The molecule has 0 bridgehead atoms. The molecule has 2 aromatic rings. The van der Waals surface area contributed by atoms with Crippen molar-refractivity contribution in [3.05, 3.63) is 53.6 Å². The van der Waals surface area contributed by atoms with Crippen LogP contribution in [0.4, 0.5) is 30.6 Å². The van der Waals surface area contributed by atoms with Gasteiger partial charge in [0.1, 0.15) is 11.6 Å². The Morgan fingerprint density at radius 3 is 2.49 bits per heavy atom. The molecule has 1 heterocycles. The predicted molar refractivity (Wildman–Crippen MR) is 129 cm³/mol. The maximum Gasteiger partial charge on any atom is 0.323 e. The molecule has 2 aromatic carbocycles. The van der Waals surface area contributed by atoms with E-state index in [1.165, 1.54) is 7.11 Å². The summed E-state index contributed by atoms with van der Waals surface area (Å²) in [5.74, 6) is -3.04. The third-order valence-corrected chi connectivity index (χ3v) is 5.99. The minimum atomic E-state index is -0.965. The highest BCUT2D eigenvalue weighted by atomic mass is 19.1. The summed E-state index contributed by atoms with van der Waals surface area (Å²) in [6.07, 6.45) is 1.51. The number of halogens is 2. The molecular weight excluding hydrogens is 460 g/mol. The minimum Gasteiger partial charge on any atom is -0.481 e. The zero-order valence-corrected chi connectivity index (χ0v) is 19.9. The molecule has 1 saturated heterocycles. The van der Waals surface area contributed by atoms with Crippen LogP contribution in [0.3, 0.4) is 0 Å². The van der Waals surface area contributed by atoms with Crippen LogP contribution in [-0.2, 0) is 14.3 Å². The Kier molecular flexibility index (Phi) is 9.39. The number of hydrogen-bond donors (Lipinski definition) is 3. The fourth-order valence-corrected chi connectivity index (χ4v) is 4.33. The van der Waals surface area contributed by atoms with E-state index < -0.39 is 29.6 Å². The molecule has 0 radical (unpaired) electrons. The van der Waals surface area contributed by atoms with Gasteiger partial charge in [0.2, 0.25) is 0 Å². The van der Waals surface area contributed by atoms with Crippen molar-refractivity contribution in [1.82, 2.24) is 0 Å². The summed E-state index contributed by atoms with van der Waals surface area (Å²) in [6.45, 7) is 4.15. The smallest absolute Gasteiger partial charge is 0.323 e. The van der Waals surface area contributed by atoms with E-state index in [4.69, 9.17) is 9.47 Å². The second kappa shape index (κ2) is 12.5. The number of anilines is 3. The number of rotatable bonds is 10. The molecule has 190 valence electrons. The summed E-state index contributed by atoms with van der Waals surface area (Å²) < 4.78 is 38.0. The summed E-state index contributed by atoms with van der Waals surface area (Å²) in [7, 11) is 1.50. The zero-order valence-electron chi connectivity index (χ0n) is 19.9. The predicted octanol–water partition coefficient (Wildman–Crippen LogP) is 4.82. The fourth-order valence-electron chi connectivity index (χ4n) is 4.33. The Balaban J connectivity index is 1.94. The van der Waals surface area contributed by atoms with Gasteiger partial charge in [0.25, 0.3) is 0 Å². The molecule has 0 saturated carbocycles. The molecule has 3 rings (SSSR count). The molecule has 10 heteroatoms. The van der Waals surface area contributed by atoms with Crippen LogP contribution in [0.2, 0.25) is 0 Å². The number of hydrogen-bond acceptors (Lipinski definition) is 5. The van der Waals surface area contributed by atoms with E-state index in [-0.39, 0.29) is 24.8 Å². The Labute approximate surface area is 203 Å². The van der Waals surface area contributed by atoms with E-state index in [1.54, 1.807) is 6.07 Å². The molecule has 0 aliphatic carbocycles. The first-order valence-corrected chi connectivity index (χ1v) is 11.5. The molecular formula is C25H31F2N3O5. The van der Waals surface area contributed by atoms with Crippen LogP contribution in [0.5, 0.6) is 0 Å². The van der Waals surface area contributed by atoms with Gasteiger partial charge in [-0.2, -0.15) is 0 Å². The Hall–Kier alpha value is -3.24. The lowest BCUT2D eigenvalue weighted by atomic mass is 9.95. The molecule has 2 amide bonds. The number of amides is 2. The van der Waals surface area contributed by atoms with Crippen LogP contribution in [-0.4, -0.2) is 56.6 Å². The fraction of sp³-hybridized carbons (Fsp3) is 0.440. The quantitative estimate of drug-likeness (QED) is 0.441. The molecule has 1 unspecified atom stereocenters. The number of nitrogens with zero attached hydrogens (tertiary/aromatic N) is 1. The lowest BCUT2D eigenvalue weighted by molar-refractivity contribution is -0.137.